The maximum absolute atomic E-state index is 11.9. The molecule has 0 aromatic carbocycles. The first-order valence-electron chi connectivity index (χ1n) is 7.68. The van der Waals surface area contributed by atoms with Crippen molar-refractivity contribution >= 4 is 17.8 Å². The number of carboxylic acids is 1. The van der Waals surface area contributed by atoms with Crippen molar-refractivity contribution in [1.29, 1.82) is 0 Å². The summed E-state index contributed by atoms with van der Waals surface area (Å²) in [6.45, 7) is 5.99. The number of rotatable bonds is 8. The summed E-state index contributed by atoms with van der Waals surface area (Å²) in [6, 6.07) is 0.0590. The zero-order chi connectivity index (χ0) is 15.8. The topological polar surface area (TPSA) is 86.7 Å². The molecule has 2 aliphatic rings. The van der Waals surface area contributed by atoms with Crippen LogP contribution in [-0.2, 0) is 14.4 Å². The van der Waals surface area contributed by atoms with Gasteiger partial charge in [0, 0.05) is 12.6 Å². The number of likely N-dealkylation sites (tertiary alicyclic amines) is 1. The fraction of sp³-hybridized carbons (Fsp3) is 0.800. The van der Waals surface area contributed by atoms with E-state index in [9.17, 15) is 19.5 Å². The number of amides is 2. The van der Waals surface area contributed by atoms with Gasteiger partial charge in [-0.15, -0.1) is 0 Å². The maximum Gasteiger partial charge on any atom is 0.323 e. The van der Waals surface area contributed by atoms with Gasteiger partial charge in [0.25, 0.3) is 0 Å². The molecule has 0 aromatic heterocycles. The predicted molar refractivity (Wildman–Crippen MR) is 76.5 cm³/mol. The molecule has 1 aliphatic carbocycles. The standard InChI is InChI=1S/C15H24N2O4/c1-4-15(14(20)21,16-9(2)3)6-5-7-17-12(18)10-8-11(10)13(17)19/h9-11,16H,4-8H2,1-3H3,(H,20,21). The third-order valence-corrected chi connectivity index (χ3v) is 4.52. The van der Waals surface area contributed by atoms with Gasteiger partial charge in [-0.2, -0.15) is 0 Å². The molecular weight excluding hydrogens is 272 g/mol. The van der Waals surface area contributed by atoms with Crippen LogP contribution in [0.15, 0.2) is 0 Å². The Balaban J connectivity index is 1.91. The molecule has 1 aliphatic heterocycles. The summed E-state index contributed by atoms with van der Waals surface area (Å²) < 4.78 is 0. The van der Waals surface area contributed by atoms with Crippen LogP contribution in [0.25, 0.3) is 0 Å². The number of hydrogen-bond acceptors (Lipinski definition) is 4. The number of piperidine rings is 1. The summed E-state index contributed by atoms with van der Waals surface area (Å²) in [5.74, 6) is -1.18. The normalized spacial score (nSPS) is 27.0. The van der Waals surface area contributed by atoms with Gasteiger partial charge < -0.3 is 5.11 Å². The van der Waals surface area contributed by atoms with E-state index in [0.717, 1.165) is 0 Å². The largest absolute Gasteiger partial charge is 0.480 e. The van der Waals surface area contributed by atoms with E-state index in [-0.39, 0.29) is 29.7 Å². The summed E-state index contributed by atoms with van der Waals surface area (Å²) in [7, 11) is 0. The Labute approximate surface area is 124 Å². The molecule has 2 N–H and O–H groups in total. The highest BCUT2D eigenvalue weighted by molar-refractivity contribution is 6.08. The third-order valence-electron chi connectivity index (χ3n) is 4.52. The molecule has 0 radical (unpaired) electrons. The molecule has 1 heterocycles. The number of hydrogen-bond donors (Lipinski definition) is 2. The van der Waals surface area contributed by atoms with Crippen LogP contribution < -0.4 is 5.32 Å². The summed E-state index contributed by atoms with van der Waals surface area (Å²) in [5, 5.41) is 12.6. The van der Waals surface area contributed by atoms with Crippen LogP contribution in [0.1, 0.15) is 46.5 Å². The predicted octanol–water partition coefficient (Wildman–Crippen LogP) is 1.00. The summed E-state index contributed by atoms with van der Waals surface area (Å²) in [6.07, 6.45) is 2.09. The van der Waals surface area contributed by atoms with E-state index in [1.807, 2.05) is 20.8 Å². The van der Waals surface area contributed by atoms with E-state index in [0.29, 0.717) is 32.2 Å². The Morgan fingerprint density at radius 2 is 1.95 bits per heavy atom. The van der Waals surface area contributed by atoms with E-state index in [1.165, 1.54) is 4.90 Å². The molecule has 2 rings (SSSR count). The fourth-order valence-corrected chi connectivity index (χ4v) is 3.23. The number of nitrogens with one attached hydrogen (secondary N) is 1. The number of carbonyl (C=O) groups is 3. The van der Waals surface area contributed by atoms with Crippen molar-refractivity contribution < 1.29 is 19.5 Å². The van der Waals surface area contributed by atoms with E-state index in [1.54, 1.807) is 0 Å². The number of nitrogens with zero attached hydrogens (tertiary/aromatic N) is 1. The van der Waals surface area contributed by atoms with Gasteiger partial charge in [0.05, 0.1) is 11.8 Å². The lowest BCUT2D eigenvalue weighted by Gasteiger charge is -2.32. The molecule has 1 saturated carbocycles. The van der Waals surface area contributed by atoms with Crippen molar-refractivity contribution in [2.45, 2.75) is 58.0 Å². The Morgan fingerprint density at radius 3 is 2.38 bits per heavy atom. The van der Waals surface area contributed by atoms with Crippen LogP contribution in [0.4, 0.5) is 0 Å². The number of carbonyl (C=O) groups excluding carboxylic acids is 2. The van der Waals surface area contributed by atoms with Gasteiger partial charge in [-0.25, -0.2) is 0 Å². The van der Waals surface area contributed by atoms with Crippen LogP contribution >= 0.6 is 0 Å². The summed E-state index contributed by atoms with van der Waals surface area (Å²) in [4.78, 5) is 36.6. The van der Waals surface area contributed by atoms with Gasteiger partial charge in [0.15, 0.2) is 0 Å². The third kappa shape index (κ3) is 2.95. The zero-order valence-corrected chi connectivity index (χ0v) is 12.9. The number of imide groups is 1. The van der Waals surface area contributed by atoms with Gasteiger partial charge in [0.2, 0.25) is 11.8 Å². The molecule has 0 aromatic rings. The molecule has 21 heavy (non-hydrogen) atoms. The first kappa shape index (κ1) is 15.9. The van der Waals surface area contributed by atoms with Gasteiger partial charge >= 0.3 is 5.97 Å². The highest BCUT2D eigenvalue weighted by atomic mass is 16.4. The van der Waals surface area contributed by atoms with E-state index >= 15 is 0 Å². The molecule has 0 spiro atoms. The van der Waals surface area contributed by atoms with Crippen molar-refractivity contribution in [3.05, 3.63) is 0 Å². The minimum atomic E-state index is -0.983. The SMILES string of the molecule is CCC(CCCN1C(=O)C2CC2C1=O)(NC(C)C)C(=O)O. The summed E-state index contributed by atoms with van der Waals surface area (Å²) >= 11 is 0. The first-order chi connectivity index (χ1) is 9.82. The van der Waals surface area contributed by atoms with Crippen molar-refractivity contribution in [2.75, 3.05) is 6.54 Å². The number of fused-ring (bicyclic) bond motifs is 1. The molecule has 3 atom stereocenters. The second-order valence-electron chi connectivity index (χ2n) is 6.42. The second-order valence-corrected chi connectivity index (χ2v) is 6.42. The molecule has 6 heteroatoms. The van der Waals surface area contributed by atoms with Gasteiger partial charge in [-0.3, -0.25) is 24.6 Å². The Hall–Kier alpha value is -1.43. The lowest BCUT2D eigenvalue weighted by Crippen LogP contribution is -2.54. The second kappa shape index (κ2) is 5.75. The van der Waals surface area contributed by atoms with Crippen molar-refractivity contribution in [3.63, 3.8) is 0 Å². The number of aliphatic carboxylic acids is 1. The van der Waals surface area contributed by atoms with Crippen LogP contribution in [0.5, 0.6) is 0 Å². The Morgan fingerprint density at radius 1 is 1.38 bits per heavy atom. The molecular formula is C15H24N2O4. The fourth-order valence-electron chi connectivity index (χ4n) is 3.23. The van der Waals surface area contributed by atoms with Crippen molar-refractivity contribution in [3.8, 4) is 0 Å². The van der Waals surface area contributed by atoms with E-state index in [2.05, 4.69) is 5.32 Å². The minimum absolute atomic E-state index is 0.0590. The van der Waals surface area contributed by atoms with Gasteiger partial charge in [-0.05, 0) is 39.5 Å². The first-order valence-corrected chi connectivity index (χ1v) is 7.68. The summed E-state index contributed by atoms with van der Waals surface area (Å²) in [5.41, 5.74) is -0.983. The van der Waals surface area contributed by atoms with Crippen LogP contribution in [-0.4, -0.2) is 45.9 Å². The number of carboxylic acid groups (broad SMARTS) is 1. The van der Waals surface area contributed by atoms with Gasteiger partial charge in [-0.1, -0.05) is 6.92 Å². The highest BCUT2D eigenvalue weighted by Gasteiger charge is 2.58. The van der Waals surface area contributed by atoms with E-state index in [4.69, 9.17) is 0 Å². The Bertz CT molecular complexity index is 443. The Kier molecular flexibility index (Phi) is 4.37. The van der Waals surface area contributed by atoms with Crippen molar-refractivity contribution in [2.24, 2.45) is 11.8 Å². The minimum Gasteiger partial charge on any atom is -0.480 e. The lowest BCUT2D eigenvalue weighted by atomic mass is 9.89. The molecule has 2 amide bonds. The lowest BCUT2D eigenvalue weighted by molar-refractivity contribution is -0.145. The monoisotopic (exact) mass is 296 g/mol. The molecule has 6 nitrogen and oxygen atoms in total. The molecule has 0 bridgehead atoms. The smallest absolute Gasteiger partial charge is 0.323 e. The zero-order valence-electron chi connectivity index (χ0n) is 12.9. The van der Waals surface area contributed by atoms with Crippen molar-refractivity contribution in [1.82, 2.24) is 10.2 Å². The highest BCUT2D eigenvalue weighted by Crippen LogP contribution is 2.47. The van der Waals surface area contributed by atoms with E-state index < -0.39 is 11.5 Å². The maximum atomic E-state index is 11.9. The molecule has 1 saturated heterocycles. The molecule has 2 fully saturated rings. The van der Waals surface area contributed by atoms with Crippen LogP contribution in [0.2, 0.25) is 0 Å². The molecule has 118 valence electrons. The average molecular weight is 296 g/mol. The van der Waals surface area contributed by atoms with Gasteiger partial charge in [0.1, 0.15) is 5.54 Å². The molecule has 3 unspecified atom stereocenters. The average Bonchev–Trinajstić information content (AvgIpc) is 3.16. The van der Waals surface area contributed by atoms with Crippen LogP contribution in [0.3, 0.4) is 0 Å². The van der Waals surface area contributed by atoms with Crippen LogP contribution in [0, 0.1) is 11.8 Å². The quantitative estimate of drug-likeness (QED) is 0.653.